The predicted molar refractivity (Wildman–Crippen MR) is 122 cm³/mol. The summed E-state index contributed by atoms with van der Waals surface area (Å²) in [4.78, 5) is 13.8. The minimum absolute atomic E-state index is 0.123. The van der Waals surface area contributed by atoms with Crippen LogP contribution in [0.25, 0.3) is 10.9 Å². The second-order valence-corrected chi connectivity index (χ2v) is 10.9. The van der Waals surface area contributed by atoms with E-state index in [9.17, 15) is 9.18 Å². The van der Waals surface area contributed by atoms with Gasteiger partial charge in [0, 0.05) is 11.9 Å². The molecule has 2 fully saturated rings. The Hall–Kier alpha value is -2.20. The van der Waals surface area contributed by atoms with Gasteiger partial charge in [-0.1, -0.05) is 0 Å². The molecule has 0 unspecified atom stereocenters. The average molecular weight is 463 g/mol. The first-order valence-electron chi connectivity index (χ1n) is 11.3. The van der Waals surface area contributed by atoms with Gasteiger partial charge in [0.05, 0.1) is 29.3 Å². The van der Waals surface area contributed by atoms with Crippen molar-refractivity contribution in [2.75, 3.05) is 13.1 Å². The van der Waals surface area contributed by atoms with E-state index in [2.05, 4.69) is 5.10 Å². The van der Waals surface area contributed by atoms with Crippen molar-refractivity contribution in [1.82, 2.24) is 14.7 Å². The minimum atomic E-state index is -1.40. The molecule has 2 atom stereocenters. The first kappa shape index (κ1) is 23.9. The number of fused-ring (bicyclic) bond motifs is 1. The van der Waals surface area contributed by atoms with Crippen LogP contribution in [0.3, 0.4) is 0 Å². The van der Waals surface area contributed by atoms with Crippen molar-refractivity contribution < 1.29 is 27.6 Å². The maximum Gasteiger partial charge on any atom is 0.517 e. The van der Waals surface area contributed by atoms with Crippen LogP contribution < -0.4 is 5.59 Å². The fraction of sp³-hybridized carbons (Fsp3) is 0.652. The van der Waals surface area contributed by atoms with Crippen molar-refractivity contribution in [3.05, 3.63) is 24.0 Å². The molecule has 1 aromatic heterocycles. The zero-order chi connectivity index (χ0) is 24.3. The number of carbonyl (C=O) groups is 1. The van der Waals surface area contributed by atoms with Gasteiger partial charge in [0.15, 0.2) is 0 Å². The van der Waals surface area contributed by atoms with Crippen LogP contribution in [0.15, 0.2) is 18.2 Å². The Morgan fingerprint density at radius 3 is 2.42 bits per heavy atom. The first-order valence-corrected chi connectivity index (χ1v) is 11.3. The standard InChI is InChI=1S/C23H32BF2N3O4/c1-21(2,3)31-20(30)28-11-10-17(16(26)13-28)29-18-12-14(25)8-9-15(18)19(27-29)24-32-22(4,5)23(6,7)33-24/h8-9,12,16-17H,10-11,13H2,1-7H3/t16-,17+/m1/s1. The Bertz CT molecular complexity index is 1050. The number of carbonyl (C=O) groups excluding carboxylic acids is 1. The van der Waals surface area contributed by atoms with E-state index in [1.54, 1.807) is 26.8 Å². The van der Waals surface area contributed by atoms with E-state index in [-0.39, 0.29) is 6.54 Å². The second kappa shape index (κ2) is 7.94. The van der Waals surface area contributed by atoms with Gasteiger partial charge in [-0.2, -0.15) is 5.10 Å². The molecular formula is C23H32BF2N3O4. The van der Waals surface area contributed by atoms with Crippen molar-refractivity contribution in [2.24, 2.45) is 0 Å². The molecule has 180 valence electrons. The highest BCUT2D eigenvalue weighted by Gasteiger charge is 2.53. The molecular weight excluding hydrogens is 431 g/mol. The fourth-order valence-electron chi connectivity index (χ4n) is 4.18. The number of ether oxygens (including phenoxy) is 1. The molecule has 0 N–H and O–H groups in total. The van der Waals surface area contributed by atoms with Crippen LogP contribution in [0.5, 0.6) is 0 Å². The highest BCUT2D eigenvalue weighted by molar-refractivity contribution is 6.64. The number of rotatable bonds is 2. The summed E-state index contributed by atoms with van der Waals surface area (Å²) >= 11 is 0. The molecule has 0 spiro atoms. The summed E-state index contributed by atoms with van der Waals surface area (Å²) in [6, 6.07) is 3.66. The number of nitrogens with zero attached hydrogens (tertiary/aromatic N) is 3. The van der Waals surface area contributed by atoms with Crippen molar-refractivity contribution in [3.8, 4) is 0 Å². The molecule has 2 aliphatic heterocycles. The van der Waals surface area contributed by atoms with E-state index < -0.39 is 48.0 Å². The molecule has 33 heavy (non-hydrogen) atoms. The lowest BCUT2D eigenvalue weighted by Gasteiger charge is -2.35. The Morgan fingerprint density at radius 1 is 1.21 bits per heavy atom. The molecule has 1 amide bonds. The molecule has 4 rings (SSSR count). The van der Waals surface area contributed by atoms with Gasteiger partial charge in [0.25, 0.3) is 0 Å². The number of alkyl halides is 1. The number of amides is 1. The topological polar surface area (TPSA) is 65.8 Å². The van der Waals surface area contributed by atoms with Crippen LogP contribution >= 0.6 is 0 Å². The third-order valence-electron chi connectivity index (χ3n) is 6.65. The SMILES string of the molecule is CC(C)(C)OC(=O)N1CC[C@H](n2nc(B3OC(C)(C)C(C)(C)O3)c3ccc(F)cc32)[C@H](F)C1. The molecule has 2 aliphatic rings. The zero-order valence-electron chi connectivity index (χ0n) is 20.3. The maximum absolute atomic E-state index is 15.4. The van der Waals surface area contributed by atoms with Gasteiger partial charge in [-0.3, -0.25) is 4.68 Å². The van der Waals surface area contributed by atoms with Crippen LogP contribution in [0, 0.1) is 5.82 Å². The number of piperidine rings is 1. The molecule has 0 radical (unpaired) electrons. The predicted octanol–water partition coefficient (Wildman–Crippen LogP) is 3.99. The molecule has 2 aromatic rings. The Balaban J connectivity index is 1.64. The summed E-state index contributed by atoms with van der Waals surface area (Å²) in [7, 11) is -0.760. The van der Waals surface area contributed by atoms with Crippen molar-refractivity contribution in [1.29, 1.82) is 0 Å². The molecule has 7 nitrogen and oxygen atoms in total. The third-order valence-corrected chi connectivity index (χ3v) is 6.65. The summed E-state index contributed by atoms with van der Waals surface area (Å²) in [6.45, 7) is 13.3. The van der Waals surface area contributed by atoms with E-state index >= 15 is 4.39 Å². The van der Waals surface area contributed by atoms with E-state index in [0.29, 0.717) is 29.5 Å². The van der Waals surface area contributed by atoms with Crippen molar-refractivity contribution in [2.45, 2.75) is 83.9 Å². The smallest absolute Gasteiger partial charge is 0.444 e. The number of halogens is 2. The maximum atomic E-state index is 15.4. The van der Waals surface area contributed by atoms with E-state index in [4.69, 9.17) is 14.0 Å². The molecule has 2 saturated heterocycles. The number of aromatic nitrogens is 2. The van der Waals surface area contributed by atoms with Crippen LogP contribution in [0.4, 0.5) is 13.6 Å². The number of benzene rings is 1. The fourth-order valence-corrected chi connectivity index (χ4v) is 4.18. The third kappa shape index (κ3) is 4.47. The summed E-state index contributed by atoms with van der Waals surface area (Å²) < 4.78 is 48.8. The Kier molecular flexibility index (Phi) is 5.76. The monoisotopic (exact) mass is 463 g/mol. The average Bonchev–Trinajstić information content (AvgIpc) is 3.13. The summed E-state index contributed by atoms with van der Waals surface area (Å²) in [5.74, 6) is -0.439. The Labute approximate surface area is 193 Å². The van der Waals surface area contributed by atoms with Gasteiger partial charge >= 0.3 is 13.2 Å². The molecule has 1 aromatic carbocycles. The molecule has 3 heterocycles. The molecule has 10 heteroatoms. The number of hydrogen-bond donors (Lipinski definition) is 0. The summed E-state index contributed by atoms with van der Waals surface area (Å²) in [5, 5.41) is 5.32. The van der Waals surface area contributed by atoms with Gasteiger partial charge < -0.3 is 18.9 Å². The van der Waals surface area contributed by atoms with Gasteiger partial charge in [-0.15, -0.1) is 0 Å². The number of likely N-dealkylation sites (tertiary alicyclic amines) is 1. The van der Waals surface area contributed by atoms with E-state index in [0.717, 1.165) is 0 Å². The first-order chi connectivity index (χ1) is 15.2. The van der Waals surface area contributed by atoms with Crippen molar-refractivity contribution >= 4 is 29.7 Å². The summed E-state index contributed by atoms with van der Waals surface area (Å²) in [6.07, 6.45) is -1.63. The second-order valence-electron chi connectivity index (χ2n) is 10.9. The molecule has 0 saturated carbocycles. The molecule has 0 aliphatic carbocycles. The van der Waals surface area contributed by atoms with Gasteiger partial charge in [0.1, 0.15) is 23.2 Å². The summed E-state index contributed by atoms with van der Waals surface area (Å²) in [5.41, 5.74) is -0.846. The van der Waals surface area contributed by atoms with Crippen LogP contribution in [0.2, 0.25) is 0 Å². The largest absolute Gasteiger partial charge is 0.517 e. The van der Waals surface area contributed by atoms with Gasteiger partial charge in [-0.25, -0.2) is 13.6 Å². The van der Waals surface area contributed by atoms with Crippen LogP contribution in [0.1, 0.15) is 60.9 Å². The number of hydrogen-bond acceptors (Lipinski definition) is 5. The Morgan fingerprint density at radius 2 is 1.85 bits per heavy atom. The molecule has 0 bridgehead atoms. The lowest BCUT2D eigenvalue weighted by molar-refractivity contribution is 0.00578. The lowest BCUT2D eigenvalue weighted by atomic mass is 9.82. The van der Waals surface area contributed by atoms with Crippen LogP contribution in [-0.2, 0) is 14.0 Å². The quantitative estimate of drug-likeness (QED) is 0.631. The van der Waals surface area contributed by atoms with Gasteiger partial charge in [0.2, 0.25) is 0 Å². The highest BCUT2D eigenvalue weighted by Crippen LogP contribution is 2.37. The van der Waals surface area contributed by atoms with E-state index in [1.807, 2.05) is 27.7 Å². The van der Waals surface area contributed by atoms with Crippen molar-refractivity contribution in [3.63, 3.8) is 0 Å². The zero-order valence-corrected chi connectivity index (χ0v) is 20.3. The lowest BCUT2D eigenvalue weighted by Crippen LogP contribution is -2.47. The minimum Gasteiger partial charge on any atom is -0.444 e. The van der Waals surface area contributed by atoms with Gasteiger partial charge in [-0.05, 0) is 73.1 Å². The van der Waals surface area contributed by atoms with E-state index in [1.165, 1.54) is 21.7 Å². The normalized spacial score (nSPS) is 25.0. The highest BCUT2D eigenvalue weighted by atomic mass is 19.1. The van der Waals surface area contributed by atoms with Crippen LogP contribution in [-0.4, -0.2) is 64.0 Å².